The number of ether oxygens (including phenoxy) is 1. The van der Waals surface area contributed by atoms with Crippen LogP contribution in [0.3, 0.4) is 0 Å². The SMILES string of the molecule is CC.CC(=O)c1ccc2ccccc2c1.CCOC(=O)CCc1cccc(-n2nc(C(C)(C)C)cc2C)c1. The maximum Gasteiger partial charge on any atom is 0.306 e. The number of benzene rings is 3. The Morgan fingerprint density at radius 2 is 1.58 bits per heavy atom. The third kappa shape index (κ3) is 8.69. The third-order valence-electron chi connectivity index (χ3n) is 5.89. The van der Waals surface area contributed by atoms with E-state index in [9.17, 15) is 9.59 Å². The molecule has 1 heterocycles. The Kier molecular flexibility index (Phi) is 11.5. The number of rotatable bonds is 6. The Balaban J connectivity index is 0.000000284. The number of nitrogens with zero attached hydrogens (tertiary/aromatic N) is 2. The first-order valence-electron chi connectivity index (χ1n) is 13.4. The van der Waals surface area contributed by atoms with Gasteiger partial charge in [-0.2, -0.15) is 5.10 Å². The highest BCUT2D eigenvalue weighted by molar-refractivity contribution is 5.98. The van der Waals surface area contributed by atoms with E-state index in [1.54, 1.807) is 6.92 Å². The van der Waals surface area contributed by atoms with Gasteiger partial charge in [0.1, 0.15) is 0 Å². The van der Waals surface area contributed by atoms with E-state index in [1.165, 1.54) is 5.39 Å². The Labute approximate surface area is 227 Å². The quantitative estimate of drug-likeness (QED) is 0.193. The molecule has 0 atom stereocenters. The first kappa shape index (κ1) is 30.5. The molecule has 38 heavy (non-hydrogen) atoms. The highest BCUT2D eigenvalue weighted by Gasteiger charge is 2.19. The number of aryl methyl sites for hydroxylation is 2. The van der Waals surface area contributed by atoms with E-state index in [0.29, 0.717) is 19.4 Å². The molecule has 0 unspecified atom stereocenters. The maximum atomic E-state index is 11.5. The lowest BCUT2D eigenvalue weighted by Crippen LogP contribution is -2.12. The van der Waals surface area contributed by atoms with Gasteiger partial charge in [0.2, 0.25) is 0 Å². The van der Waals surface area contributed by atoms with Gasteiger partial charge in [-0.05, 0) is 67.8 Å². The topological polar surface area (TPSA) is 61.2 Å². The zero-order valence-corrected chi connectivity index (χ0v) is 24.2. The third-order valence-corrected chi connectivity index (χ3v) is 5.89. The van der Waals surface area contributed by atoms with Crippen LogP contribution in [0.4, 0.5) is 0 Å². The van der Waals surface area contributed by atoms with Crippen molar-refractivity contribution in [3.63, 3.8) is 0 Å². The van der Waals surface area contributed by atoms with E-state index in [0.717, 1.165) is 33.6 Å². The lowest BCUT2D eigenvalue weighted by molar-refractivity contribution is -0.143. The summed E-state index contributed by atoms with van der Waals surface area (Å²) in [6.07, 6.45) is 1.09. The van der Waals surface area contributed by atoms with Gasteiger partial charge in [-0.1, -0.05) is 83.1 Å². The van der Waals surface area contributed by atoms with Crippen molar-refractivity contribution < 1.29 is 14.3 Å². The van der Waals surface area contributed by atoms with Crippen molar-refractivity contribution in [3.05, 3.63) is 95.3 Å². The number of hydrogen-bond acceptors (Lipinski definition) is 4. The molecule has 3 aromatic carbocycles. The molecule has 0 aliphatic rings. The predicted octanol–water partition coefficient (Wildman–Crippen LogP) is 8.04. The van der Waals surface area contributed by atoms with E-state index in [1.807, 2.05) is 86.1 Å². The van der Waals surface area contributed by atoms with Gasteiger partial charge in [0.05, 0.1) is 18.0 Å². The van der Waals surface area contributed by atoms with Gasteiger partial charge in [-0.3, -0.25) is 9.59 Å². The number of Topliss-reactive ketones (excluding diaryl/α,β-unsaturated/α-hetero) is 1. The zero-order chi connectivity index (χ0) is 28.3. The molecular weight excluding hydrogens is 472 g/mol. The Hall–Kier alpha value is -3.73. The van der Waals surface area contributed by atoms with E-state index in [4.69, 9.17) is 9.84 Å². The predicted molar refractivity (Wildman–Crippen MR) is 157 cm³/mol. The monoisotopic (exact) mass is 514 g/mol. The summed E-state index contributed by atoms with van der Waals surface area (Å²) in [7, 11) is 0. The number of fused-ring (bicyclic) bond motifs is 1. The molecule has 0 spiro atoms. The van der Waals surface area contributed by atoms with Gasteiger partial charge in [0.15, 0.2) is 5.78 Å². The summed E-state index contributed by atoms with van der Waals surface area (Å²) in [5.41, 5.74) is 5.13. The van der Waals surface area contributed by atoms with Crippen molar-refractivity contribution in [3.8, 4) is 5.69 Å². The fourth-order valence-corrected chi connectivity index (χ4v) is 3.83. The van der Waals surface area contributed by atoms with Crippen LogP contribution in [0.5, 0.6) is 0 Å². The van der Waals surface area contributed by atoms with E-state index in [-0.39, 0.29) is 17.2 Å². The molecule has 1 aromatic heterocycles. The van der Waals surface area contributed by atoms with Crippen LogP contribution in [0.25, 0.3) is 16.5 Å². The lowest BCUT2D eigenvalue weighted by atomic mass is 9.92. The summed E-state index contributed by atoms with van der Waals surface area (Å²) in [5.74, 6) is -0.0334. The smallest absolute Gasteiger partial charge is 0.306 e. The van der Waals surface area contributed by atoms with E-state index < -0.39 is 0 Å². The van der Waals surface area contributed by atoms with Crippen LogP contribution in [0.2, 0.25) is 0 Å². The fraction of sp³-hybridized carbons (Fsp3) is 0.364. The summed E-state index contributed by atoms with van der Waals surface area (Å²) in [5, 5.41) is 7.04. The number of carbonyl (C=O) groups excluding carboxylic acids is 2. The molecule has 0 N–H and O–H groups in total. The van der Waals surface area contributed by atoms with Crippen LogP contribution < -0.4 is 0 Å². The molecule has 4 rings (SSSR count). The molecular formula is C33H42N2O3. The Bertz CT molecular complexity index is 1350. The lowest BCUT2D eigenvalue weighted by Gasteiger charge is -2.14. The van der Waals surface area contributed by atoms with Crippen molar-refractivity contribution in [2.45, 2.75) is 73.6 Å². The van der Waals surface area contributed by atoms with Gasteiger partial charge in [0.25, 0.3) is 0 Å². The summed E-state index contributed by atoms with van der Waals surface area (Å²) in [6, 6.07) is 24.1. The van der Waals surface area contributed by atoms with Gasteiger partial charge in [0, 0.05) is 23.1 Å². The van der Waals surface area contributed by atoms with Crippen molar-refractivity contribution in [1.29, 1.82) is 0 Å². The molecule has 0 saturated carbocycles. The maximum absolute atomic E-state index is 11.5. The second kappa shape index (κ2) is 14.3. The minimum atomic E-state index is -0.150. The van der Waals surface area contributed by atoms with Crippen LogP contribution in [0.15, 0.2) is 72.8 Å². The van der Waals surface area contributed by atoms with Crippen LogP contribution >= 0.6 is 0 Å². The highest BCUT2D eigenvalue weighted by atomic mass is 16.5. The fourth-order valence-electron chi connectivity index (χ4n) is 3.83. The summed E-state index contributed by atoms with van der Waals surface area (Å²) in [6.45, 7) is 16.4. The number of esters is 1. The molecule has 0 amide bonds. The summed E-state index contributed by atoms with van der Waals surface area (Å²) in [4.78, 5) is 22.6. The average molecular weight is 515 g/mol. The number of aromatic nitrogens is 2. The molecule has 0 saturated heterocycles. The normalized spacial score (nSPS) is 10.6. The number of carbonyl (C=O) groups is 2. The molecule has 0 aliphatic carbocycles. The van der Waals surface area contributed by atoms with Crippen molar-refractivity contribution >= 4 is 22.5 Å². The Morgan fingerprint density at radius 3 is 2.18 bits per heavy atom. The first-order valence-corrected chi connectivity index (χ1v) is 13.4. The van der Waals surface area contributed by atoms with E-state index in [2.05, 4.69) is 39.8 Å². The van der Waals surface area contributed by atoms with Crippen LogP contribution in [0.1, 0.15) is 82.2 Å². The molecule has 0 aliphatic heterocycles. The second-order valence-corrected chi connectivity index (χ2v) is 9.93. The van der Waals surface area contributed by atoms with Gasteiger partial charge >= 0.3 is 5.97 Å². The summed E-state index contributed by atoms with van der Waals surface area (Å²) < 4.78 is 6.95. The van der Waals surface area contributed by atoms with Crippen LogP contribution in [0, 0.1) is 6.92 Å². The average Bonchev–Trinajstić information content (AvgIpc) is 3.31. The van der Waals surface area contributed by atoms with E-state index >= 15 is 0 Å². The largest absolute Gasteiger partial charge is 0.466 e. The Morgan fingerprint density at radius 1 is 0.895 bits per heavy atom. The van der Waals surface area contributed by atoms with Crippen molar-refractivity contribution in [2.75, 3.05) is 6.61 Å². The molecule has 5 nitrogen and oxygen atoms in total. The van der Waals surface area contributed by atoms with Gasteiger partial charge in [-0.25, -0.2) is 4.68 Å². The molecule has 0 bridgehead atoms. The number of hydrogen-bond donors (Lipinski definition) is 0. The van der Waals surface area contributed by atoms with Gasteiger partial charge in [-0.15, -0.1) is 0 Å². The molecule has 5 heteroatoms. The number of ketones is 1. The van der Waals surface area contributed by atoms with Crippen molar-refractivity contribution in [2.24, 2.45) is 0 Å². The second-order valence-electron chi connectivity index (χ2n) is 9.93. The van der Waals surface area contributed by atoms with Crippen LogP contribution in [-0.2, 0) is 21.4 Å². The highest BCUT2D eigenvalue weighted by Crippen LogP contribution is 2.23. The molecule has 0 radical (unpaired) electrons. The summed E-state index contributed by atoms with van der Waals surface area (Å²) >= 11 is 0. The van der Waals surface area contributed by atoms with Gasteiger partial charge < -0.3 is 4.74 Å². The van der Waals surface area contributed by atoms with Crippen molar-refractivity contribution in [1.82, 2.24) is 9.78 Å². The zero-order valence-electron chi connectivity index (χ0n) is 24.2. The minimum Gasteiger partial charge on any atom is -0.466 e. The molecule has 4 aromatic rings. The molecule has 0 fully saturated rings. The standard InChI is InChI=1S/C19H26N2O2.C12H10O.C2H6/c1-6-23-18(22)11-10-15-8-7-9-16(13-15)21-14(2)12-17(20-21)19(3,4)5;1-9(13)11-7-6-10-4-2-3-5-12(10)8-11;1-2/h7-9,12-13H,6,10-11H2,1-5H3;2-8H,1H3;1-2H3. The first-order chi connectivity index (χ1) is 18.1. The van der Waals surface area contributed by atoms with Crippen LogP contribution in [-0.4, -0.2) is 28.1 Å². The molecule has 202 valence electrons. The minimum absolute atomic E-state index is 0.0253.